The number of hydrogen-bond donors (Lipinski definition) is 1. The van der Waals surface area contributed by atoms with Crippen LogP contribution in [0.4, 0.5) is 24.5 Å². The number of nitrogens with zero attached hydrogens (tertiary/aromatic N) is 2. The summed E-state index contributed by atoms with van der Waals surface area (Å²) >= 11 is 0. The molecule has 1 aromatic heterocycles. The van der Waals surface area contributed by atoms with Crippen LogP contribution in [-0.2, 0) is 4.79 Å². The minimum absolute atomic E-state index is 0.0196. The summed E-state index contributed by atoms with van der Waals surface area (Å²) in [7, 11) is 0. The second-order valence-corrected chi connectivity index (χ2v) is 5.94. The normalized spacial score (nSPS) is 14.3. The third-order valence-electron chi connectivity index (χ3n) is 3.87. The summed E-state index contributed by atoms with van der Waals surface area (Å²) < 4.78 is 40.9. The van der Waals surface area contributed by atoms with E-state index in [0.717, 1.165) is 6.42 Å². The van der Waals surface area contributed by atoms with Crippen molar-refractivity contribution in [2.75, 3.05) is 23.4 Å². The van der Waals surface area contributed by atoms with Crippen molar-refractivity contribution in [3.8, 4) is 5.88 Å². The first-order valence-corrected chi connectivity index (χ1v) is 8.19. The molecule has 0 unspecified atom stereocenters. The number of halogens is 3. The average molecular weight is 379 g/mol. The van der Waals surface area contributed by atoms with Gasteiger partial charge in [0.1, 0.15) is 0 Å². The van der Waals surface area contributed by atoms with Crippen molar-refractivity contribution in [3.05, 3.63) is 48.2 Å². The zero-order chi connectivity index (χ0) is 19.4. The minimum Gasteiger partial charge on any atom is -0.468 e. The summed E-state index contributed by atoms with van der Waals surface area (Å²) in [6.45, 7) is -0.819. The SMILES string of the molecule is O=C(Nc1ccc(OCC(F)(F)F)nc1)c1cccc(N2CCCC2=O)c1. The van der Waals surface area contributed by atoms with Crippen LogP contribution in [0.15, 0.2) is 42.6 Å². The molecule has 0 spiro atoms. The number of carbonyl (C=O) groups excluding carboxylic acids is 2. The standard InChI is InChI=1S/C18H16F3N3O3/c19-18(20,21)11-27-15-7-6-13(10-22-15)23-17(26)12-3-1-4-14(9-12)24-8-2-5-16(24)25/h1,3-4,6-7,9-10H,2,5,8,11H2,(H,23,26). The lowest BCUT2D eigenvalue weighted by Crippen LogP contribution is -2.24. The van der Waals surface area contributed by atoms with Crippen molar-refractivity contribution < 1.29 is 27.5 Å². The number of ether oxygens (including phenoxy) is 1. The Hall–Kier alpha value is -3.10. The van der Waals surface area contributed by atoms with Crippen LogP contribution < -0.4 is 15.0 Å². The number of nitrogens with one attached hydrogen (secondary N) is 1. The van der Waals surface area contributed by atoms with Gasteiger partial charge in [0.2, 0.25) is 11.8 Å². The van der Waals surface area contributed by atoms with Crippen molar-refractivity contribution in [1.82, 2.24) is 4.98 Å². The maximum absolute atomic E-state index is 12.4. The molecule has 1 saturated heterocycles. The second kappa shape index (κ2) is 7.65. The average Bonchev–Trinajstić information content (AvgIpc) is 3.06. The lowest BCUT2D eigenvalue weighted by molar-refractivity contribution is -0.154. The highest BCUT2D eigenvalue weighted by atomic mass is 19.4. The summed E-state index contributed by atoms with van der Waals surface area (Å²) in [6, 6.07) is 9.29. The first kappa shape index (κ1) is 18.7. The largest absolute Gasteiger partial charge is 0.468 e. The summed E-state index contributed by atoms with van der Waals surface area (Å²) in [5, 5.41) is 2.60. The van der Waals surface area contributed by atoms with E-state index >= 15 is 0 Å². The highest BCUT2D eigenvalue weighted by molar-refractivity contribution is 6.05. The Labute approximate surface area is 152 Å². The zero-order valence-electron chi connectivity index (χ0n) is 14.1. The molecule has 0 bridgehead atoms. The molecule has 1 N–H and O–H groups in total. The van der Waals surface area contributed by atoms with E-state index in [-0.39, 0.29) is 11.8 Å². The van der Waals surface area contributed by atoms with Gasteiger partial charge in [0, 0.05) is 30.3 Å². The third kappa shape index (κ3) is 4.96. The highest BCUT2D eigenvalue weighted by Crippen LogP contribution is 2.23. The fourth-order valence-electron chi connectivity index (χ4n) is 2.63. The van der Waals surface area contributed by atoms with Gasteiger partial charge in [0.15, 0.2) is 6.61 Å². The van der Waals surface area contributed by atoms with E-state index in [1.807, 2.05) is 0 Å². The van der Waals surface area contributed by atoms with Crippen LogP contribution in [0, 0.1) is 0 Å². The molecule has 1 fully saturated rings. The molecular formula is C18H16F3N3O3. The van der Waals surface area contributed by atoms with E-state index in [4.69, 9.17) is 0 Å². The maximum Gasteiger partial charge on any atom is 0.422 e. The Morgan fingerprint density at radius 2 is 2.07 bits per heavy atom. The molecule has 0 radical (unpaired) electrons. The van der Waals surface area contributed by atoms with Gasteiger partial charge >= 0.3 is 6.18 Å². The van der Waals surface area contributed by atoms with Crippen molar-refractivity contribution >= 4 is 23.2 Å². The van der Waals surface area contributed by atoms with E-state index in [9.17, 15) is 22.8 Å². The number of aromatic nitrogens is 1. The number of alkyl halides is 3. The molecule has 142 valence electrons. The Kier molecular flexibility index (Phi) is 5.29. The van der Waals surface area contributed by atoms with E-state index in [1.165, 1.54) is 18.3 Å². The molecule has 1 aliphatic heterocycles. The molecule has 0 saturated carbocycles. The minimum atomic E-state index is -4.45. The van der Waals surface area contributed by atoms with Gasteiger partial charge in [-0.3, -0.25) is 9.59 Å². The van der Waals surface area contributed by atoms with Crippen molar-refractivity contribution in [3.63, 3.8) is 0 Å². The Morgan fingerprint density at radius 3 is 2.70 bits per heavy atom. The monoisotopic (exact) mass is 379 g/mol. The van der Waals surface area contributed by atoms with Gasteiger partial charge in [0.05, 0.1) is 11.9 Å². The molecule has 9 heteroatoms. The summed E-state index contributed by atoms with van der Waals surface area (Å²) in [4.78, 5) is 29.6. The summed E-state index contributed by atoms with van der Waals surface area (Å²) in [6.07, 6.45) is -1.97. The van der Waals surface area contributed by atoms with Crippen LogP contribution in [-0.4, -0.2) is 36.1 Å². The molecule has 3 rings (SSSR count). The van der Waals surface area contributed by atoms with Crippen LogP contribution in [0.1, 0.15) is 23.2 Å². The molecule has 0 aliphatic carbocycles. The molecule has 2 amide bonds. The topological polar surface area (TPSA) is 71.5 Å². The van der Waals surface area contributed by atoms with E-state index in [2.05, 4.69) is 15.0 Å². The van der Waals surface area contributed by atoms with Crippen molar-refractivity contribution in [2.45, 2.75) is 19.0 Å². The first-order chi connectivity index (χ1) is 12.8. The first-order valence-electron chi connectivity index (χ1n) is 8.19. The van der Waals surface area contributed by atoms with Crippen LogP contribution >= 0.6 is 0 Å². The fraction of sp³-hybridized carbons (Fsp3) is 0.278. The highest BCUT2D eigenvalue weighted by Gasteiger charge is 2.28. The molecular weight excluding hydrogens is 363 g/mol. The summed E-state index contributed by atoms with van der Waals surface area (Å²) in [5.41, 5.74) is 1.31. The fourth-order valence-corrected chi connectivity index (χ4v) is 2.63. The number of anilines is 2. The predicted molar refractivity (Wildman–Crippen MR) is 91.8 cm³/mol. The Bertz CT molecular complexity index is 838. The van der Waals surface area contributed by atoms with Gasteiger partial charge in [0.25, 0.3) is 5.91 Å². The van der Waals surface area contributed by atoms with Crippen molar-refractivity contribution in [1.29, 1.82) is 0 Å². The van der Waals surface area contributed by atoms with Crippen LogP contribution in [0.25, 0.3) is 0 Å². The van der Waals surface area contributed by atoms with Crippen LogP contribution in [0.3, 0.4) is 0 Å². The Balaban J connectivity index is 1.64. The van der Waals surface area contributed by atoms with E-state index < -0.39 is 18.7 Å². The molecule has 2 aromatic rings. The zero-order valence-corrected chi connectivity index (χ0v) is 14.1. The van der Waals surface area contributed by atoms with Gasteiger partial charge in [-0.1, -0.05) is 6.07 Å². The molecule has 27 heavy (non-hydrogen) atoms. The lowest BCUT2D eigenvalue weighted by Gasteiger charge is -2.16. The van der Waals surface area contributed by atoms with E-state index in [1.54, 1.807) is 29.2 Å². The van der Waals surface area contributed by atoms with Gasteiger partial charge in [-0.15, -0.1) is 0 Å². The van der Waals surface area contributed by atoms with Gasteiger partial charge in [-0.25, -0.2) is 4.98 Å². The quantitative estimate of drug-likeness (QED) is 0.864. The molecule has 0 atom stereocenters. The number of amides is 2. The van der Waals surface area contributed by atoms with Gasteiger partial charge < -0.3 is 15.0 Å². The second-order valence-electron chi connectivity index (χ2n) is 5.94. The molecule has 2 heterocycles. The van der Waals surface area contributed by atoms with Gasteiger partial charge in [-0.05, 0) is 30.7 Å². The number of carbonyl (C=O) groups is 2. The number of hydrogen-bond acceptors (Lipinski definition) is 4. The van der Waals surface area contributed by atoms with E-state index in [0.29, 0.717) is 29.9 Å². The van der Waals surface area contributed by atoms with Crippen LogP contribution in [0.2, 0.25) is 0 Å². The number of benzene rings is 1. The molecule has 1 aliphatic rings. The number of pyridine rings is 1. The predicted octanol–water partition coefficient (Wildman–Crippen LogP) is 3.40. The summed E-state index contributed by atoms with van der Waals surface area (Å²) in [5.74, 6) is -0.597. The Morgan fingerprint density at radius 1 is 1.26 bits per heavy atom. The molecule has 6 nitrogen and oxygen atoms in total. The molecule has 1 aromatic carbocycles. The van der Waals surface area contributed by atoms with Gasteiger partial charge in [-0.2, -0.15) is 13.2 Å². The lowest BCUT2D eigenvalue weighted by atomic mass is 10.1. The maximum atomic E-state index is 12.4. The van der Waals surface area contributed by atoms with Crippen LogP contribution in [0.5, 0.6) is 5.88 Å². The smallest absolute Gasteiger partial charge is 0.422 e. The third-order valence-corrected chi connectivity index (χ3v) is 3.87. The number of rotatable bonds is 5. The van der Waals surface area contributed by atoms with Crippen molar-refractivity contribution in [2.24, 2.45) is 0 Å².